The van der Waals surface area contributed by atoms with E-state index in [0.717, 1.165) is 12.1 Å². The molecule has 0 fully saturated rings. The molecule has 2 N–H and O–H groups in total. The summed E-state index contributed by atoms with van der Waals surface area (Å²) in [6, 6.07) is 10.9. The van der Waals surface area contributed by atoms with Crippen LogP contribution in [0.2, 0.25) is 0 Å². The smallest absolute Gasteiger partial charge is 0.331 e. The number of hydrogen-bond acceptors (Lipinski definition) is 3. The first-order chi connectivity index (χ1) is 12.6. The lowest BCUT2D eigenvalue weighted by molar-refractivity contribution is -0.137. The SMILES string of the molecule is C/C(=N\NC(=S)Nc1ccc(SC(F)F)cc1)c1cccc(C(F)(F)F)c1. The van der Waals surface area contributed by atoms with Crippen LogP contribution in [0.25, 0.3) is 0 Å². The van der Waals surface area contributed by atoms with Gasteiger partial charge in [-0.2, -0.15) is 27.1 Å². The van der Waals surface area contributed by atoms with Crippen LogP contribution < -0.4 is 10.7 Å². The zero-order valence-corrected chi connectivity index (χ0v) is 15.5. The Kier molecular flexibility index (Phi) is 7.14. The van der Waals surface area contributed by atoms with E-state index in [1.807, 2.05) is 0 Å². The van der Waals surface area contributed by atoms with Gasteiger partial charge < -0.3 is 5.32 Å². The fraction of sp³-hybridized carbons (Fsp3) is 0.176. The zero-order valence-electron chi connectivity index (χ0n) is 13.8. The molecule has 0 aliphatic carbocycles. The maximum absolute atomic E-state index is 12.8. The van der Waals surface area contributed by atoms with Crippen LogP contribution in [0.15, 0.2) is 58.5 Å². The average Bonchev–Trinajstić information content (AvgIpc) is 2.60. The molecule has 2 rings (SSSR count). The summed E-state index contributed by atoms with van der Waals surface area (Å²) >= 11 is 5.49. The molecule has 2 aromatic carbocycles. The number of benzene rings is 2. The van der Waals surface area contributed by atoms with Crippen LogP contribution in [0.5, 0.6) is 0 Å². The van der Waals surface area contributed by atoms with Crippen LogP contribution in [-0.2, 0) is 6.18 Å². The van der Waals surface area contributed by atoms with E-state index >= 15 is 0 Å². The number of halogens is 5. The molecule has 0 aromatic heterocycles. The van der Waals surface area contributed by atoms with Crippen molar-refractivity contribution in [1.29, 1.82) is 0 Å². The number of hydrogen-bond donors (Lipinski definition) is 2. The number of thiocarbonyl (C=S) groups is 1. The van der Waals surface area contributed by atoms with Gasteiger partial charge in [0.1, 0.15) is 0 Å². The summed E-state index contributed by atoms with van der Waals surface area (Å²) in [4.78, 5) is 0.410. The molecule has 0 unspecified atom stereocenters. The largest absolute Gasteiger partial charge is 0.416 e. The average molecular weight is 419 g/mol. The van der Waals surface area contributed by atoms with Crippen molar-refractivity contribution in [3.05, 3.63) is 59.7 Å². The molecule has 0 aliphatic rings. The van der Waals surface area contributed by atoms with E-state index in [9.17, 15) is 22.0 Å². The van der Waals surface area contributed by atoms with Crippen molar-refractivity contribution in [2.75, 3.05) is 5.32 Å². The third-order valence-electron chi connectivity index (χ3n) is 3.27. The Hall–Kier alpha value is -2.20. The number of nitrogens with one attached hydrogen (secondary N) is 2. The second kappa shape index (κ2) is 9.14. The summed E-state index contributed by atoms with van der Waals surface area (Å²) < 4.78 is 62.8. The number of rotatable bonds is 5. The highest BCUT2D eigenvalue weighted by Crippen LogP contribution is 2.29. The predicted octanol–water partition coefficient (Wildman–Crippen LogP) is 5.73. The van der Waals surface area contributed by atoms with Gasteiger partial charge in [0.05, 0.1) is 11.3 Å². The molecule has 10 heteroatoms. The van der Waals surface area contributed by atoms with Crippen LogP contribution in [-0.4, -0.2) is 16.6 Å². The molecule has 2 aromatic rings. The van der Waals surface area contributed by atoms with E-state index in [1.54, 1.807) is 19.1 Å². The van der Waals surface area contributed by atoms with E-state index in [1.165, 1.54) is 24.3 Å². The van der Waals surface area contributed by atoms with E-state index in [-0.39, 0.29) is 5.11 Å². The number of thioether (sulfide) groups is 1. The molecule has 144 valence electrons. The third-order valence-corrected chi connectivity index (χ3v) is 4.19. The number of nitrogens with zero attached hydrogens (tertiary/aromatic N) is 1. The van der Waals surface area contributed by atoms with Gasteiger partial charge in [-0.05, 0) is 61.1 Å². The molecular formula is C17H14F5N3S2. The molecule has 0 heterocycles. The molecule has 0 saturated heterocycles. The Labute approximate surface area is 162 Å². The maximum Gasteiger partial charge on any atom is 0.416 e. The van der Waals surface area contributed by atoms with Gasteiger partial charge in [-0.25, -0.2) is 0 Å². The van der Waals surface area contributed by atoms with Gasteiger partial charge >= 0.3 is 6.18 Å². The predicted molar refractivity (Wildman–Crippen MR) is 101 cm³/mol. The number of anilines is 1. The van der Waals surface area contributed by atoms with Crippen molar-refractivity contribution < 1.29 is 22.0 Å². The summed E-state index contributed by atoms with van der Waals surface area (Å²) in [5.74, 6) is -2.50. The maximum atomic E-state index is 12.8. The minimum atomic E-state index is -4.44. The summed E-state index contributed by atoms with van der Waals surface area (Å²) in [5.41, 5.74) is 2.94. The summed E-state index contributed by atoms with van der Waals surface area (Å²) in [6.45, 7) is 1.54. The first kappa shape index (κ1) is 21.1. The minimum Gasteiger partial charge on any atom is -0.331 e. The lowest BCUT2D eigenvalue weighted by atomic mass is 10.1. The van der Waals surface area contributed by atoms with Gasteiger partial charge in [-0.15, -0.1) is 0 Å². The normalized spacial score (nSPS) is 12.2. The van der Waals surface area contributed by atoms with E-state index in [0.29, 0.717) is 33.6 Å². The number of alkyl halides is 5. The van der Waals surface area contributed by atoms with Gasteiger partial charge in [-0.1, -0.05) is 23.9 Å². The standard InChI is InChI=1S/C17H14F5N3S2/c1-10(11-3-2-4-12(9-11)17(20,21)22)24-25-16(26)23-13-5-7-14(8-6-13)27-15(18)19/h2-9,15H,1H3,(H2,23,25,26)/b24-10+. The van der Waals surface area contributed by atoms with Crippen molar-refractivity contribution in [1.82, 2.24) is 5.43 Å². The lowest BCUT2D eigenvalue weighted by Crippen LogP contribution is -2.25. The van der Waals surface area contributed by atoms with E-state index in [2.05, 4.69) is 15.8 Å². The first-order valence-electron chi connectivity index (χ1n) is 7.49. The summed E-state index contributed by atoms with van der Waals surface area (Å²) in [5, 5.41) is 6.87. The van der Waals surface area contributed by atoms with Gasteiger partial charge in [0.15, 0.2) is 5.11 Å². The molecule has 0 radical (unpaired) electrons. The van der Waals surface area contributed by atoms with Crippen molar-refractivity contribution in [3.63, 3.8) is 0 Å². The Morgan fingerprint density at radius 1 is 1.11 bits per heavy atom. The Morgan fingerprint density at radius 2 is 1.78 bits per heavy atom. The van der Waals surface area contributed by atoms with E-state index in [4.69, 9.17) is 12.2 Å². The quantitative estimate of drug-likeness (QED) is 0.213. The van der Waals surface area contributed by atoms with Gasteiger partial charge in [0, 0.05) is 10.6 Å². The van der Waals surface area contributed by atoms with E-state index < -0.39 is 17.5 Å². The molecule has 0 amide bonds. The Balaban J connectivity index is 1.97. The first-order valence-corrected chi connectivity index (χ1v) is 8.78. The molecule has 0 bridgehead atoms. The minimum absolute atomic E-state index is 0.107. The van der Waals surface area contributed by atoms with Crippen LogP contribution in [0.3, 0.4) is 0 Å². The molecule has 0 spiro atoms. The van der Waals surface area contributed by atoms with Crippen LogP contribution in [0, 0.1) is 0 Å². The van der Waals surface area contributed by atoms with Crippen LogP contribution in [0.4, 0.5) is 27.6 Å². The van der Waals surface area contributed by atoms with Crippen molar-refractivity contribution in [2.45, 2.75) is 23.8 Å². The molecular weight excluding hydrogens is 405 g/mol. The molecule has 0 atom stereocenters. The second-order valence-electron chi connectivity index (χ2n) is 5.24. The summed E-state index contributed by atoms with van der Waals surface area (Å²) in [6.07, 6.45) is -4.44. The summed E-state index contributed by atoms with van der Waals surface area (Å²) in [7, 11) is 0. The highest BCUT2D eigenvalue weighted by Gasteiger charge is 2.30. The van der Waals surface area contributed by atoms with Crippen LogP contribution >= 0.6 is 24.0 Å². The molecule has 3 nitrogen and oxygen atoms in total. The number of hydrazone groups is 1. The van der Waals surface area contributed by atoms with Crippen molar-refractivity contribution >= 4 is 40.5 Å². The van der Waals surface area contributed by atoms with Gasteiger partial charge in [0.2, 0.25) is 0 Å². The Morgan fingerprint density at radius 3 is 2.37 bits per heavy atom. The Bertz CT molecular complexity index is 820. The fourth-order valence-corrected chi connectivity index (χ4v) is 2.66. The highest BCUT2D eigenvalue weighted by molar-refractivity contribution is 7.99. The van der Waals surface area contributed by atoms with Crippen molar-refractivity contribution in [2.24, 2.45) is 5.10 Å². The lowest BCUT2D eigenvalue weighted by Gasteiger charge is -2.10. The van der Waals surface area contributed by atoms with Gasteiger partial charge in [-0.3, -0.25) is 5.43 Å². The molecule has 0 aliphatic heterocycles. The second-order valence-corrected chi connectivity index (χ2v) is 6.72. The molecule has 0 saturated carbocycles. The molecule has 27 heavy (non-hydrogen) atoms. The third kappa shape index (κ3) is 6.79. The monoisotopic (exact) mass is 419 g/mol. The fourth-order valence-electron chi connectivity index (χ4n) is 2.00. The van der Waals surface area contributed by atoms with Crippen LogP contribution in [0.1, 0.15) is 18.1 Å². The highest BCUT2D eigenvalue weighted by atomic mass is 32.2. The zero-order chi connectivity index (χ0) is 20.0. The van der Waals surface area contributed by atoms with Gasteiger partial charge in [0.25, 0.3) is 5.76 Å². The topological polar surface area (TPSA) is 36.4 Å². The van der Waals surface area contributed by atoms with Crippen molar-refractivity contribution in [3.8, 4) is 0 Å².